The number of amides is 2. The Morgan fingerprint density at radius 3 is 2.35 bits per heavy atom. The van der Waals surface area contributed by atoms with Gasteiger partial charge in [-0.05, 0) is 84.6 Å². The molecule has 2 aliphatic carbocycles. The summed E-state index contributed by atoms with van der Waals surface area (Å²) < 4.78 is 11.8. The third kappa shape index (κ3) is 12.0. The lowest BCUT2D eigenvalue weighted by molar-refractivity contribution is -0.160. The Kier molecular flexibility index (Phi) is 14.1. The number of rotatable bonds is 10. The Morgan fingerprint density at radius 1 is 1.02 bits per heavy atom. The molecule has 2 heterocycles. The highest BCUT2D eigenvalue weighted by Gasteiger charge is 2.42. The van der Waals surface area contributed by atoms with Crippen LogP contribution in [0, 0.1) is 5.92 Å². The summed E-state index contributed by atoms with van der Waals surface area (Å²) in [6, 6.07) is 0.843. The van der Waals surface area contributed by atoms with E-state index in [1.807, 2.05) is 26.8 Å². The number of nitrogens with zero attached hydrogens (tertiary/aromatic N) is 2. The lowest BCUT2D eigenvalue weighted by atomic mass is 9.82. The number of halogens is 1. The number of hydrogen-bond acceptors (Lipinski definition) is 6. The molecule has 0 aromatic rings. The summed E-state index contributed by atoms with van der Waals surface area (Å²) in [7, 11) is 0. The monoisotopic (exact) mass is 661 g/mol. The maximum Gasteiger partial charge on any atom is 0.410 e. The van der Waals surface area contributed by atoms with Crippen LogP contribution in [0.25, 0.3) is 0 Å². The summed E-state index contributed by atoms with van der Waals surface area (Å²) in [5.41, 5.74) is -0.116. The van der Waals surface area contributed by atoms with Crippen molar-refractivity contribution in [3.8, 4) is 0 Å². The van der Waals surface area contributed by atoms with E-state index in [1.54, 1.807) is 11.0 Å². The van der Waals surface area contributed by atoms with Crippen LogP contribution in [-0.4, -0.2) is 94.5 Å². The molecular weight excluding hydrogens is 602 g/mol. The normalized spacial score (nSPS) is 31.1. The number of carbonyl (C=O) groups excluding carboxylic acids is 2. The number of ether oxygens (including phenoxy) is 2. The van der Waals surface area contributed by atoms with Gasteiger partial charge in [-0.3, -0.25) is 9.69 Å². The van der Waals surface area contributed by atoms with Crippen LogP contribution in [0.2, 0.25) is 0 Å². The molecule has 0 spiro atoms. The molecule has 3 atom stereocenters. The lowest BCUT2D eigenvalue weighted by Gasteiger charge is -2.44. The molecule has 4 rings (SSSR count). The van der Waals surface area contributed by atoms with Crippen molar-refractivity contribution in [3.63, 3.8) is 0 Å². The summed E-state index contributed by atoms with van der Waals surface area (Å²) in [5, 5.41) is 13.9. The predicted octanol–water partition coefficient (Wildman–Crippen LogP) is 6.90. The Bertz CT molecular complexity index is 1070. The number of carbonyl (C=O) groups is 2. The Balaban J connectivity index is 1.10. The van der Waals surface area contributed by atoms with Crippen LogP contribution in [0.4, 0.5) is 4.79 Å². The van der Waals surface area contributed by atoms with Gasteiger partial charge in [0.1, 0.15) is 6.10 Å². The average molecular weight is 662 g/mol. The van der Waals surface area contributed by atoms with Gasteiger partial charge in [0, 0.05) is 57.2 Å². The summed E-state index contributed by atoms with van der Waals surface area (Å²) >= 11 is 6.06. The van der Waals surface area contributed by atoms with Gasteiger partial charge >= 0.3 is 6.09 Å². The number of nitrogens with one attached hydrogen (secondary N) is 1. The van der Waals surface area contributed by atoms with Crippen LogP contribution >= 0.6 is 11.6 Å². The van der Waals surface area contributed by atoms with Crippen LogP contribution in [-0.2, 0) is 14.3 Å². The Morgan fingerprint density at radius 2 is 1.70 bits per heavy atom. The van der Waals surface area contributed by atoms with E-state index < -0.39 is 17.3 Å². The van der Waals surface area contributed by atoms with Crippen molar-refractivity contribution in [2.75, 3.05) is 32.1 Å². The smallest absolute Gasteiger partial charge is 0.410 e. The van der Waals surface area contributed by atoms with Gasteiger partial charge in [0.25, 0.3) is 0 Å². The zero-order chi connectivity index (χ0) is 33.2. The van der Waals surface area contributed by atoms with Crippen LogP contribution < -0.4 is 5.32 Å². The van der Waals surface area contributed by atoms with Crippen molar-refractivity contribution in [2.24, 2.45) is 5.92 Å². The van der Waals surface area contributed by atoms with E-state index >= 15 is 0 Å². The third-order valence-electron chi connectivity index (χ3n) is 10.3. The van der Waals surface area contributed by atoms with Gasteiger partial charge in [0.2, 0.25) is 5.91 Å². The third-order valence-corrected chi connectivity index (χ3v) is 10.8. The van der Waals surface area contributed by atoms with Gasteiger partial charge in [0.15, 0.2) is 0 Å². The van der Waals surface area contributed by atoms with E-state index in [9.17, 15) is 14.7 Å². The minimum absolute atomic E-state index is 0.126. The average Bonchev–Trinajstić information content (AvgIpc) is 3.31. The summed E-state index contributed by atoms with van der Waals surface area (Å²) in [6.45, 7) is 11.1. The van der Waals surface area contributed by atoms with E-state index in [2.05, 4.69) is 29.3 Å². The molecule has 2 N–H and O–H groups in total. The molecule has 2 aliphatic heterocycles. The molecule has 2 amide bonds. The first kappa shape index (κ1) is 37.0. The molecule has 0 aromatic carbocycles. The SMILES string of the molecule is CC(/C=C/[C@@H]1C[C@](O)(CCl)CC(C)(C)O1)=C\C[C@H]1CC[C@H](NC(=O)/C=C\[C@H](C)OC(=O)N2CCN(C3CCCCCC3)CC2)CC1. The highest BCUT2D eigenvalue weighted by atomic mass is 35.5. The van der Waals surface area contributed by atoms with Crippen molar-refractivity contribution in [1.82, 2.24) is 15.1 Å². The van der Waals surface area contributed by atoms with E-state index in [-0.39, 0.29) is 30.0 Å². The second kappa shape index (κ2) is 17.5. The van der Waals surface area contributed by atoms with Gasteiger partial charge in [-0.15, -0.1) is 11.6 Å². The summed E-state index contributed by atoms with van der Waals surface area (Å²) in [6.07, 6.45) is 22.8. The zero-order valence-electron chi connectivity index (χ0n) is 28.9. The number of allylic oxidation sites excluding steroid dienone is 3. The van der Waals surface area contributed by atoms with Crippen molar-refractivity contribution in [2.45, 2.75) is 147 Å². The molecule has 9 heteroatoms. The maximum absolute atomic E-state index is 12.7. The standard InChI is InChI=1S/C37H60ClN3O5/c1-28(12-19-33-25-37(44,27-38)26-36(3,4)46-33)11-14-30-15-17-31(18-16-30)39-34(42)20-13-29(2)45-35(43)41-23-21-40(22-24-41)32-9-7-5-6-8-10-32/h11-13,19-20,29-33,44H,5-10,14-18,21-27H2,1-4H3,(H,39,42)/b19-12+,20-13-,28-11+/t29-,30-,31-,33+,37+/m0/s1. The maximum atomic E-state index is 12.7. The fourth-order valence-electron chi connectivity index (χ4n) is 7.80. The fourth-order valence-corrected chi connectivity index (χ4v) is 8.00. The minimum atomic E-state index is -0.894. The van der Waals surface area contributed by atoms with Crippen LogP contribution in [0.1, 0.15) is 111 Å². The number of piperazine rings is 1. The quantitative estimate of drug-likeness (QED) is 0.115. The predicted molar refractivity (Wildman–Crippen MR) is 185 cm³/mol. The molecule has 4 fully saturated rings. The lowest BCUT2D eigenvalue weighted by Crippen LogP contribution is -2.52. The molecule has 0 radical (unpaired) electrons. The largest absolute Gasteiger partial charge is 0.442 e. The zero-order valence-corrected chi connectivity index (χ0v) is 29.6. The van der Waals surface area contributed by atoms with Gasteiger partial charge in [-0.1, -0.05) is 49.5 Å². The van der Waals surface area contributed by atoms with Gasteiger partial charge < -0.3 is 24.8 Å². The molecule has 0 aromatic heterocycles. The van der Waals surface area contributed by atoms with Gasteiger partial charge in [0.05, 0.1) is 23.2 Å². The van der Waals surface area contributed by atoms with Crippen molar-refractivity contribution >= 4 is 23.6 Å². The minimum Gasteiger partial charge on any atom is -0.442 e. The van der Waals surface area contributed by atoms with Gasteiger partial charge in [-0.25, -0.2) is 4.79 Å². The Hall–Kier alpha value is -1.87. The number of hydrogen-bond donors (Lipinski definition) is 2. The highest BCUT2D eigenvalue weighted by molar-refractivity contribution is 6.18. The topological polar surface area (TPSA) is 91.3 Å². The van der Waals surface area contributed by atoms with E-state index in [0.29, 0.717) is 37.9 Å². The van der Waals surface area contributed by atoms with Crippen molar-refractivity contribution in [3.05, 3.63) is 36.0 Å². The fraction of sp³-hybridized carbons (Fsp3) is 0.784. The van der Waals surface area contributed by atoms with Crippen LogP contribution in [0.5, 0.6) is 0 Å². The van der Waals surface area contributed by atoms with Crippen LogP contribution in [0.3, 0.4) is 0 Å². The number of aliphatic hydroxyl groups is 1. The van der Waals surface area contributed by atoms with E-state index in [4.69, 9.17) is 21.1 Å². The molecule has 260 valence electrons. The second-order valence-corrected chi connectivity index (χ2v) is 15.3. The second-order valence-electron chi connectivity index (χ2n) is 15.0. The van der Waals surface area contributed by atoms with Crippen molar-refractivity contribution in [1.29, 1.82) is 0 Å². The highest BCUT2D eigenvalue weighted by Crippen LogP contribution is 2.37. The first-order valence-electron chi connectivity index (χ1n) is 17.9. The summed E-state index contributed by atoms with van der Waals surface area (Å²) in [5.74, 6) is 0.690. The first-order chi connectivity index (χ1) is 21.9. The van der Waals surface area contributed by atoms with E-state index in [0.717, 1.165) is 45.2 Å². The van der Waals surface area contributed by atoms with Crippen LogP contribution in [0.15, 0.2) is 36.0 Å². The molecular formula is C37H60ClN3O5. The summed E-state index contributed by atoms with van der Waals surface area (Å²) in [4.78, 5) is 29.7. The molecule has 46 heavy (non-hydrogen) atoms. The molecule has 8 nitrogen and oxygen atoms in total. The Labute approximate surface area is 283 Å². The molecule has 0 unspecified atom stereocenters. The van der Waals surface area contributed by atoms with Crippen molar-refractivity contribution < 1.29 is 24.2 Å². The molecule has 0 bridgehead atoms. The molecule has 2 saturated carbocycles. The molecule has 2 saturated heterocycles. The molecule has 4 aliphatic rings. The van der Waals surface area contributed by atoms with Gasteiger partial charge in [-0.2, -0.15) is 0 Å². The first-order valence-corrected chi connectivity index (χ1v) is 18.5. The number of alkyl halides is 1. The van der Waals surface area contributed by atoms with E-state index in [1.165, 1.54) is 50.2 Å².